The zero-order valence-electron chi connectivity index (χ0n) is 12.0. The fourth-order valence-corrected chi connectivity index (χ4v) is 2.33. The first-order valence-electron chi connectivity index (χ1n) is 6.87. The number of nitrogens with two attached hydrogens (primary N) is 1. The highest BCUT2D eigenvalue weighted by Crippen LogP contribution is 2.18. The number of amides is 2. The van der Waals surface area contributed by atoms with Gasteiger partial charge in [0, 0.05) is 13.0 Å². The molecule has 1 aliphatic heterocycles. The molecule has 0 aromatic heterocycles. The number of morpholine rings is 1. The first-order valence-corrected chi connectivity index (χ1v) is 6.87. The van der Waals surface area contributed by atoms with Crippen LogP contribution in [-0.4, -0.2) is 42.0 Å². The molecule has 1 fully saturated rings. The quantitative estimate of drug-likeness (QED) is 0.895. The molecule has 1 aromatic carbocycles. The van der Waals surface area contributed by atoms with Crippen molar-refractivity contribution in [2.45, 2.75) is 25.4 Å². The number of halogens is 1. The molecule has 0 bridgehead atoms. The molecule has 2 amide bonds. The van der Waals surface area contributed by atoms with Gasteiger partial charge < -0.3 is 15.4 Å². The smallest absolute Gasteiger partial charge is 0.251 e. The lowest BCUT2D eigenvalue weighted by Gasteiger charge is -2.38. The predicted octanol–water partition coefficient (Wildman–Crippen LogP) is 0.861. The first kappa shape index (κ1) is 15.4. The molecule has 114 valence electrons. The number of rotatable bonds is 4. The van der Waals surface area contributed by atoms with E-state index in [4.69, 9.17) is 10.5 Å². The summed E-state index contributed by atoms with van der Waals surface area (Å²) < 4.78 is 18.9. The molecule has 0 radical (unpaired) electrons. The van der Waals surface area contributed by atoms with E-state index in [1.54, 1.807) is 30.0 Å². The molecular formula is C15H19FN2O3. The van der Waals surface area contributed by atoms with Crippen molar-refractivity contribution in [1.29, 1.82) is 0 Å². The predicted molar refractivity (Wildman–Crippen MR) is 74.9 cm³/mol. The Hall–Kier alpha value is -1.95. The molecule has 1 aromatic rings. The SMILES string of the molecule is C[C@@]1(C(N)=O)CN(C(=O)CCc2ccccc2F)CCO1. The molecule has 1 atom stereocenters. The largest absolute Gasteiger partial charge is 0.367 e. The van der Waals surface area contributed by atoms with Crippen molar-refractivity contribution in [2.24, 2.45) is 5.73 Å². The van der Waals surface area contributed by atoms with Crippen LogP contribution in [0.4, 0.5) is 4.39 Å². The van der Waals surface area contributed by atoms with E-state index in [-0.39, 0.29) is 31.3 Å². The molecule has 0 aliphatic carbocycles. The molecule has 1 heterocycles. The molecular weight excluding hydrogens is 275 g/mol. The van der Waals surface area contributed by atoms with Crippen molar-refractivity contribution in [3.05, 3.63) is 35.6 Å². The van der Waals surface area contributed by atoms with E-state index >= 15 is 0 Å². The maximum Gasteiger partial charge on any atom is 0.251 e. The van der Waals surface area contributed by atoms with Crippen LogP contribution in [0.1, 0.15) is 18.9 Å². The minimum absolute atomic E-state index is 0.131. The summed E-state index contributed by atoms with van der Waals surface area (Å²) >= 11 is 0. The summed E-state index contributed by atoms with van der Waals surface area (Å²) in [6.07, 6.45) is 0.520. The Bertz CT molecular complexity index is 549. The summed E-state index contributed by atoms with van der Waals surface area (Å²) in [7, 11) is 0. The summed E-state index contributed by atoms with van der Waals surface area (Å²) in [5, 5.41) is 0. The average Bonchev–Trinajstić information content (AvgIpc) is 2.46. The van der Waals surface area contributed by atoms with Crippen LogP contribution in [0.5, 0.6) is 0 Å². The monoisotopic (exact) mass is 294 g/mol. The van der Waals surface area contributed by atoms with E-state index in [0.717, 1.165) is 0 Å². The molecule has 0 saturated carbocycles. The Balaban J connectivity index is 1.94. The third kappa shape index (κ3) is 3.58. The molecule has 0 spiro atoms. The van der Waals surface area contributed by atoms with Crippen LogP contribution in [0.3, 0.4) is 0 Å². The van der Waals surface area contributed by atoms with Crippen LogP contribution in [0.15, 0.2) is 24.3 Å². The van der Waals surface area contributed by atoms with Crippen LogP contribution in [0, 0.1) is 5.82 Å². The number of hydrogen-bond acceptors (Lipinski definition) is 3. The standard InChI is InChI=1S/C15H19FN2O3/c1-15(14(17)20)10-18(8-9-21-15)13(19)7-6-11-4-2-3-5-12(11)16/h2-5H,6-10H2,1H3,(H2,17,20)/t15-/m0/s1. The molecule has 0 unspecified atom stereocenters. The normalized spacial score (nSPS) is 22.1. The molecule has 1 saturated heterocycles. The second-order valence-electron chi connectivity index (χ2n) is 5.35. The molecule has 21 heavy (non-hydrogen) atoms. The lowest BCUT2D eigenvalue weighted by atomic mass is 10.0. The van der Waals surface area contributed by atoms with Crippen molar-refractivity contribution in [3.63, 3.8) is 0 Å². The fourth-order valence-electron chi connectivity index (χ4n) is 2.33. The van der Waals surface area contributed by atoms with Gasteiger partial charge in [0.15, 0.2) is 5.60 Å². The fraction of sp³-hybridized carbons (Fsp3) is 0.467. The topological polar surface area (TPSA) is 72.6 Å². The summed E-state index contributed by atoms with van der Waals surface area (Å²) in [5.41, 5.74) is 4.66. The lowest BCUT2D eigenvalue weighted by Crippen LogP contribution is -2.58. The second kappa shape index (κ2) is 6.22. The molecule has 1 aliphatic rings. The highest BCUT2D eigenvalue weighted by molar-refractivity contribution is 5.85. The Morgan fingerprint density at radius 1 is 1.43 bits per heavy atom. The van der Waals surface area contributed by atoms with Gasteiger partial charge in [-0.1, -0.05) is 18.2 Å². The maximum atomic E-state index is 13.5. The van der Waals surface area contributed by atoms with Gasteiger partial charge in [-0.05, 0) is 25.0 Å². The number of primary amides is 1. The second-order valence-corrected chi connectivity index (χ2v) is 5.35. The van der Waals surface area contributed by atoms with Gasteiger partial charge >= 0.3 is 0 Å². The van der Waals surface area contributed by atoms with Crippen LogP contribution in [-0.2, 0) is 20.7 Å². The van der Waals surface area contributed by atoms with Crippen molar-refractivity contribution in [2.75, 3.05) is 19.7 Å². The summed E-state index contributed by atoms with van der Waals surface area (Å²) in [4.78, 5) is 25.1. The van der Waals surface area contributed by atoms with Gasteiger partial charge in [0.05, 0.1) is 13.2 Å². The van der Waals surface area contributed by atoms with Crippen molar-refractivity contribution in [3.8, 4) is 0 Å². The van der Waals surface area contributed by atoms with Gasteiger partial charge in [0.25, 0.3) is 5.91 Å². The van der Waals surface area contributed by atoms with Crippen LogP contribution >= 0.6 is 0 Å². The molecule has 6 heteroatoms. The van der Waals surface area contributed by atoms with Gasteiger partial charge in [0.2, 0.25) is 5.91 Å². The van der Waals surface area contributed by atoms with Crippen LogP contribution in [0.2, 0.25) is 0 Å². The number of aryl methyl sites for hydroxylation is 1. The third-order valence-corrected chi connectivity index (χ3v) is 3.71. The Morgan fingerprint density at radius 2 is 2.14 bits per heavy atom. The summed E-state index contributed by atoms with van der Waals surface area (Å²) in [6, 6.07) is 6.39. The number of hydrogen-bond donors (Lipinski definition) is 1. The number of ether oxygens (including phenoxy) is 1. The summed E-state index contributed by atoms with van der Waals surface area (Å²) in [6.45, 7) is 2.40. The maximum absolute atomic E-state index is 13.5. The van der Waals surface area contributed by atoms with Gasteiger partial charge in [-0.2, -0.15) is 0 Å². The Labute approximate surface area is 122 Å². The third-order valence-electron chi connectivity index (χ3n) is 3.71. The minimum Gasteiger partial charge on any atom is -0.367 e. The van der Waals surface area contributed by atoms with E-state index in [0.29, 0.717) is 18.5 Å². The zero-order valence-corrected chi connectivity index (χ0v) is 12.0. The van der Waals surface area contributed by atoms with E-state index in [1.165, 1.54) is 6.07 Å². The highest BCUT2D eigenvalue weighted by atomic mass is 19.1. The Morgan fingerprint density at radius 3 is 2.81 bits per heavy atom. The van der Waals surface area contributed by atoms with Gasteiger partial charge in [0.1, 0.15) is 5.82 Å². The highest BCUT2D eigenvalue weighted by Gasteiger charge is 2.38. The summed E-state index contributed by atoms with van der Waals surface area (Å²) in [5.74, 6) is -1.03. The van der Waals surface area contributed by atoms with Crippen LogP contribution < -0.4 is 5.73 Å². The lowest BCUT2D eigenvalue weighted by molar-refractivity contribution is -0.160. The average molecular weight is 294 g/mol. The van der Waals surface area contributed by atoms with Gasteiger partial charge in [-0.25, -0.2) is 4.39 Å². The Kier molecular flexibility index (Phi) is 4.57. The number of benzene rings is 1. The van der Waals surface area contributed by atoms with Crippen molar-refractivity contribution >= 4 is 11.8 Å². The first-order chi connectivity index (χ1) is 9.92. The van der Waals surface area contributed by atoms with Crippen molar-refractivity contribution in [1.82, 2.24) is 4.90 Å². The van der Waals surface area contributed by atoms with E-state index in [1.807, 2.05) is 0 Å². The van der Waals surface area contributed by atoms with Gasteiger partial charge in [-0.15, -0.1) is 0 Å². The van der Waals surface area contributed by atoms with Gasteiger partial charge in [-0.3, -0.25) is 9.59 Å². The zero-order chi connectivity index (χ0) is 15.5. The number of carbonyl (C=O) groups excluding carboxylic acids is 2. The van der Waals surface area contributed by atoms with Crippen molar-refractivity contribution < 1.29 is 18.7 Å². The van der Waals surface area contributed by atoms with E-state index < -0.39 is 11.5 Å². The molecule has 2 rings (SSSR count). The molecule has 5 nitrogen and oxygen atoms in total. The minimum atomic E-state index is -1.15. The number of nitrogens with zero attached hydrogens (tertiary/aromatic N) is 1. The number of carbonyl (C=O) groups is 2. The van der Waals surface area contributed by atoms with Crippen LogP contribution in [0.25, 0.3) is 0 Å². The van der Waals surface area contributed by atoms with E-state index in [2.05, 4.69) is 0 Å². The molecule has 2 N–H and O–H groups in total. The van der Waals surface area contributed by atoms with E-state index in [9.17, 15) is 14.0 Å².